The van der Waals surface area contributed by atoms with E-state index in [2.05, 4.69) is 15.3 Å². The van der Waals surface area contributed by atoms with Gasteiger partial charge in [0.1, 0.15) is 0 Å². The first-order valence-electron chi connectivity index (χ1n) is 6.38. The minimum atomic E-state index is -0.169. The van der Waals surface area contributed by atoms with E-state index < -0.39 is 0 Å². The third-order valence-electron chi connectivity index (χ3n) is 3.19. The summed E-state index contributed by atoms with van der Waals surface area (Å²) in [4.78, 5) is 20.7. The van der Waals surface area contributed by atoms with Crippen LogP contribution in [0, 0.1) is 0 Å². The van der Waals surface area contributed by atoms with Crippen LogP contribution in [-0.4, -0.2) is 20.3 Å². The Bertz CT molecular complexity index is 923. The Labute approximate surface area is 123 Å². The molecule has 4 rings (SSSR count). The van der Waals surface area contributed by atoms with Gasteiger partial charge in [0.15, 0.2) is 5.13 Å². The fourth-order valence-electron chi connectivity index (χ4n) is 2.16. The molecule has 0 aliphatic heterocycles. The average Bonchev–Trinajstić information content (AvgIpc) is 3.11. The Morgan fingerprint density at radius 2 is 2.14 bits per heavy atom. The van der Waals surface area contributed by atoms with Gasteiger partial charge in [-0.1, -0.05) is 23.5 Å². The highest BCUT2D eigenvalue weighted by Gasteiger charge is 2.10. The maximum absolute atomic E-state index is 12.3. The third-order valence-corrected chi connectivity index (χ3v) is 4.14. The van der Waals surface area contributed by atoms with Crippen LogP contribution in [0.3, 0.4) is 0 Å². The molecule has 0 atom stereocenters. The largest absolute Gasteiger partial charge is 0.306 e. The Balaban J connectivity index is 1.64. The molecule has 0 bridgehead atoms. The number of carbonyl (C=O) groups is 1. The number of thiazole rings is 1. The summed E-state index contributed by atoms with van der Waals surface area (Å²) in [7, 11) is 0. The Hall–Kier alpha value is -2.73. The summed E-state index contributed by atoms with van der Waals surface area (Å²) in [6.07, 6.45) is 5.23. The third kappa shape index (κ3) is 2.15. The minimum Gasteiger partial charge on any atom is -0.306 e. The predicted octanol–water partition coefficient (Wildman–Crippen LogP) is 3.20. The van der Waals surface area contributed by atoms with Crippen molar-refractivity contribution in [2.75, 3.05) is 5.32 Å². The van der Waals surface area contributed by atoms with Gasteiger partial charge in [0, 0.05) is 11.8 Å². The van der Waals surface area contributed by atoms with E-state index in [0.717, 1.165) is 15.7 Å². The second-order valence-corrected chi connectivity index (χ2v) is 5.61. The molecule has 0 unspecified atom stereocenters. The van der Waals surface area contributed by atoms with Crippen molar-refractivity contribution < 1.29 is 4.79 Å². The number of benzene rings is 1. The van der Waals surface area contributed by atoms with Crippen molar-refractivity contribution in [2.24, 2.45) is 0 Å². The molecule has 0 saturated heterocycles. The molecule has 1 aromatic carbocycles. The van der Waals surface area contributed by atoms with Crippen molar-refractivity contribution in [2.45, 2.75) is 0 Å². The van der Waals surface area contributed by atoms with Crippen LogP contribution in [0.15, 0.2) is 55.1 Å². The average molecular weight is 294 g/mol. The van der Waals surface area contributed by atoms with Gasteiger partial charge < -0.3 is 4.40 Å². The molecule has 4 aromatic rings. The monoisotopic (exact) mass is 294 g/mol. The summed E-state index contributed by atoms with van der Waals surface area (Å²) in [6, 6.07) is 11.4. The number of nitrogens with one attached hydrogen (secondary N) is 1. The number of amides is 1. The number of nitrogens with zero attached hydrogens (tertiary/aromatic N) is 3. The number of fused-ring (bicyclic) bond motifs is 2. The van der Waals surface area contributed by atoms with Crippen molar-refractivity contribution >= 4 is 38.1 Å². The highest BCUT2D eigenvalue weighted by molar-refractivity contribution is 7.22. The lowest BCUT2D eigenvalue weighted by atomic mass is 10.2. The summed E-state index contributed by atoms with van der Waals surface area (Å²) in [5, 5.41) is 3.45. The molecule has 0 saturated carbocycles. The second kappa shape index (κ2) is 4.68. The Morgan fingerprint density at radius 1 is 1.24 bits per heavy atom. The second-order valence-electron chi connectivity index (χ2n) is 4.58. The lowest BCUT2D eigenvalue weighted by Crippen LogP contribution is -2.11. The standard InChI is InChI=1S/C15H10N4OS/c20-14(10-5-6-19-9-16-8-11(19)7-10)18-15-17-12-3-1-2-4-13(12)21-15/h1-9H,(H,17,18,20). The molecule has 3 heterocycles. The molecule has 0 aliphatic carbocycles. The maximum Gasteiger partial charge on any atom is 0.257 e. The van der Waals surface area contributed by atoms with Crippen molar-refractivity contribution in [1.29, 1.82) is 0 Å². The number of imidazole rings is 1. The van der Waals surface area contributed by atoms with Gasteiger partial charge in [-0.25, -0.2) is 9.97 Å². The van der Waals surface area contributed by atoms with Crippen LogP contribution in [0.4, 0.5) is 5.13 Å². The lowest BCUT2D eigenvalue weighted by Gasteiger charge is -2.02. The Kier molecular flexibility index (Phi) is 2.68. The van der Waals surface area contributed by atoms with Gasteiger partial charge in [-0.2, -0.15) is 0 Å². The van der Waals surface area contributed by atoms with Gasteiger partial charge in [0.25, 0.3) is 5.91 Å². The fraction of sp³-hybridized carbons (Fsp3) is 0. The maximum atomic E-state index is 12.3. The number of hydrogen-bond acceptors (Lipinski definition) is 4. The molecule has 21 heavy (non-hydrogen) atoms. The smallest absolute Gasteiger partial charge is 0.257 e. The number of aromatic nitrogens is 3. The van der Waals surface area contributed by atoms with Crippen LogP contribution in [-0.2, 0) is 0 Å². The summed E-state index contributed by atoms with van der Waals surface area (Å²) in [5.74, 6) is -0.169. The predicted molar refractivity (Wildman–Crippen MR) is 82.8 cm³/mol. The molecule has 0 aliphatic rings. The molecule has 3 aromatic heterocycles. The van der Waals surface area contributed by atoms with Crippen molar-refractivity contribution in [3.63, 3.8) is 0 Å². The van der Waals surface area contributed by atoms with E-state index in [4.69, 9.17) is 0 Å². The SMILES string of the molecule is O=C(Nc1nc2ccccc2s1)c1ccn2cncc2c1. The topological polar surface area (TPSA) is 59.3 Å². The normalized spacial score (nSPS) is 11.0. The molecule has 6 heteroatoms. The van der Waals surface area contributed by atoms with E-state index in [-0.39, 0.29) is 5.91 Å². The van der Waals surface area contributed by atoms with E-state index in [9.17, 15) is 4.79 Å². The molecular formula is C15H10N4OS. The molecule has 0 radical (unpaired) electrons. The van der Waals surface area contributed by atoms with Gasteiger partial charge >= 0.3 is 0 Å². The van der Waals surface area contributed by atoms with Crippen LogP contribution in [0.1, 0.15) is 10.4 Å². The number of hydrogen-bond donors (Lipinski definition) is 1. The van der Waals surface area contributed by atoms with E-state index >= 15 is 0 Å². The van der Waals surface area contributed by atoms with E-state index in [1.807, 2.05) is 34.9 Å². The minimum absolute atomic E-state index is 0.169. The summed E-state index contributed by atoms with van der Waals surface area (Å²) >= 11 is 1.46. The molecule has 5 nitrogen and oxygen atoms in total. The zero-order valence-corrected chi connectivity index (χ0v) is 11.7. The van der Waals surface area contributed by atoms with Gasteiger partial charge in [-0.05, 0) is 24.3 Å². The van der Waals surface area contributed by atoms with Crippen molar-refractivity contribution in [3.05, 3.63) is 60.7 Å². The zero-order chi connectivity index (χ0) is 14.2. The van der Waals surface area contributed by atoms with Crippen molar-refractivity contribution in [1.82, 2.24) is 14.4 Å². The summed E-state index contributed by atoms with van der Waals surface area (Å²) in [6.45, 7) is 0. The van der Waals surface area contributed by atoms with Gasteiger partial charge in [-0.3, -0.25) is 10.1 Å². The highest BCUT2D eigenvalue weighted by Crippen LogP contribution is 2.25. The van der Waals surface area contributed by atoms with E-state index in [1.165, 1.54) is 11.3 Å². The van der Waals surface area contributed by atoms with Gasteiger partial charge in [0.05, 0.1) is 28.3 Å². The van der Waals surface area contributed by atoms with Crippen molar-refractivity contribution in [3.8, 4) is 0 Å². The molecule has 1 amide bonds. The summed E-state index contributed by atoms with van der Waals surface area (Å²) < 4.78 is 2.91. The number of anilines is 1. The molecular weight excluding hydrogens is 284 g/mol. The number of pyridine rings is 1. The quantitative estimate of drug-likeness (QED) is 0.617. The number of carbonyl (C=O) groups excluding carboxylic acids is 1. The molecule has 0 spiro atoms. The summed E-state index contributed by atoms with van der Waals surface area (Å²) in [5.41, 5.74) is 2.36. The molecule has 0 fully saturated rings. The molecule has 102 valence electrons. The Morgan fingerprint density at radius 3 is 3.05 bits per heavy atom. The first-order chi connectivity index (χ1) is 10.3. The van der Waals surface area contributed by atoms with Crippen LogP contribution in [0.5, 0.6) is 0 Å². The van der Waals surface area contributed by atoms with Crippen LogP contribution < -0.4 is 5.32 Å². The van der Waals surface area contributed by atoms with Gasteiger partial charge in [-0.15, -0.1) is 0 Å². The molecule has 1 N–H and O–H groups in total. The first kappa shape index (κ1) is 12.0. The van der Waals surface area contributed by atoms with Gasteiger partial charge in [0.2, 0.25) is 0 Å². The zero-order valence-electron chi connectivity index (χ0n) is 10.9. The number of para-hydroxylation sites is 1. The van der Waals surface area contributed by atoms with Crippen LogP contribution >= 0.6 is 11.3 Å². The van der Waals surface area contributed by atoms with E-state index in [0.29, 0.717) is 10.7 Å². The van der Waals surface area contributed by atoms with Crippen LogP contribution in [0.2, 0.25) is 0 Å². The number of rotatable bonds is 2. The fourth-order valence-corrected chi connectivity index (χ4v) is 3.02. The van der Waals surface area contributed by atoms with Crippen LogP contribution in [0.25, 0.3) is 15.7 Å². The first-order valence-corrected chi connectivity index (χ1v) is 7.20. The highest BCUT2D eigenvalue weighted by atomic mass is 32.1. The lowest BCUT2D eigenvalue weighted by molar-refractivity contribution is 0.102. The van der Waals surface area contributed by atoms with E-state index in [1.54, 1.807) is 24.7 Å².